The van der Waals surface area contributed by atoms with Crippen molar-refractivity contribution in [3.63, 3.8) is 0 Å². The van der Waals surface area contributed by atoms with E-state index < -0.39 is 5.92 Å². The smallest absolute Gasteiger partial charge is 0.243 e. The number of likely N-dealkylation sites (N-methyl/N-ethyl adjacent to an activating group) is 1. The SMILES string of the molecule is COc1ccc(OC)c(N2CC(C(=O)N(C)CC(=O)Nc3cccc(C)c3C)CC2=O)c1. The molecule has 3 amide bonds. The van der Waals surface area contributed by atoms with Crippen molar-refractivity contribution >= 4 is 29.1 Å². The molecule has 1 fully saturated rings. The third-order valence-corrected chi connectivity index (χ3v) is 5.79. The summed E-state index contributed by atoms with van der Waals surface area (Å²) in [5.41, 5.74) is 3.34. The van der Waals surface area contributed by atoms with Crippen LogP contribution in [0.5, 0.6) is 11.5 Å². The molecule has 3 rings (SSSR count). The summed E-state index contributed by atoms with van der Waals surface area (Å²) in [6, 6.07) is 10.9. The molecule has 1 heterocycles. The molecule has 1 N–H and O–H groups in total. The zero-order valence-corrected chi connectivity index (χ0v) is 19.1. The molecule has 0 bridgehead atoms. The van der Waals surface area contributed by atoms with Crippen molar-refractivity contribution < 1.29 is 23.9 Å². The maximum atomic E-state index is 13.0. The Morgan fingerprint density at radius 1 is 1.16 bits per heavy atom. The van der Waals surface area contributed by atoms with Gasteiger partial charge in [-0.2, -0.15) is 0 Å². The highest BCUT2D eigenvalue weighted by Crippen LogP contribution is 2.36. The van der Waals surface area contributed by atoms with Crippen molar-refractivity contribution in [3.8, 4) is 11.5 Å². The maximum Gasteiger partial charge on any atom is 0.243 e. The first-order chi connectivity index (χ1) is 15.2. The van der Waals surface area contributed by atoms with Crippen LogP contribution in [0.2, 0.25) is 0 Å². The summed E-state index contributed by atoms with van der Waals surface area (Å²) in [4.78, 5) is 41.1. The second-order valence-electron chi connectivity index (χ2n) is 7.93. The topological polar surface area (TPSA) is 88.2 Å². The van der Waals surface area contributed by atoms with Gasteiger partial charge in [-0.05, 0) is 43.2 Å². The van der Waals surface area contributed by atoms with Gasteiger partial charge in [0.25, 0.3) is 0 Å². The molecule has 0 radical (unpaired) electrons. The number of benzene rings is 2. The average Bonchev–Trinajstić information content (AvgIpc) is 3.17. The number of rotatable bonds is 7. The highest BCUT2D eigenvalue weighted by molar-refractivity contribution is 6.02. The van der Waals surface area contributed by atoms with Crippen LogP contribution in [0.15, 0.2) is 36.4 Å². The van der Waals surface area contributed by atoms with E-state index in [4.69, 9.17) is 9.47 Å². The van der Waals surface area contributed by atoms with Gasteiger partial charge in [-0.1, -0.05) is 12.1 Å². The number of aryl methyl sites for hydroxylation is 1. The van der Waals surface area contributed by atoms with E-state index in [0.717, 1.165) is 16.8 Å². The van der Waals surface area contributed by atoms with Crippen molar-refractivity contribution in [2.45, 2.75) is 20.3 Å². The van der Waals surface area contributed by atoms with E-state index in [-0.39, 0.29) is 37.2 Å². The Kier molecular flexibility index (Phi) is 7.02. The first-order valence-electron chi connectivity index (χ1n) is 10.4. The van der Waals surface area contributed by atoms with E-state index in [2.05, 4.69) is 5.32 Å². The van der Waals surface area contributed by atoms with Crippen LogP contribution in [0.1, 0.15) is 17.5 Å². The van der Waals surface area contributed by atoms with Crippen LogP contribution < -0.4 is 19.7 Å². The molecule has 0 saturated carbocycles. The number of hydrogen-bond donors (Lipinski definition) is 1. The lowest BCUT2D eigenvalue weighted by molar-refractivity contribution is -0.137. The third-order valence-electron chi connectivity index (χ3n) is 5.79. The van der Waals surface area contributed by atoms with E-state index in [0.29, 0.717) is 17.2 Å². The van der Waals surface area contributed by atoms with Crippen molar-refractivity contribution in [3.05, 3.63) is 47.5 Å². The summed E-state index contributed by atoms with van der Waals surface area (Å²) in [7, 11) is 4.64. The minimum atomic E-state index is -0.545. The molecule has 8 heteroatoms. The number of ether oxygens (including phenoxy) is 2. The summed E-state index contributed by atoms with van der Waals surface area (Å²) >= 11 is 0. The molecule has 1 saturated heterocycles. The molecule has 0 aromatic heterocycles. The van der Waals surface area contributed by atoms with Gasteiger partial charge in [-0.15, -0.1) is 0 Å². The summed E-state index contributed by atoms with van der Waals surface area (Å²) < 4.78 is 10.6. The Balaban J connectivity index is 1.66. The fourth-order valence-electron chi connectivity index (χ4n) is 3.79. The molecule has 170 valence electrons. The summed E-state index contributed by atoms with van der Waals surface area (Å²) in [5.74, 6) is -0.152. The molecular formula is C24H29N3O5. The van der Waals surface area contributed by atoms with E-state index in [1.807, 2.05) is 32.0 Å². The molecule has 0 aliphatic carbocycles. The summed E-state index contributed by atoms with van der Waals surface area (Å²) in [5, 5.41) is 2.86. The standard InChI is InChI=1S/C24H29N3O5/c1-15-7-6-8-19(16(15)2)25-22(28)14-26(3)24(30)17-11-23(29)27(13-17)20-12-18(31-4)9-10-21(20)32-5/h6-10,12,17H,11,13-14H2,1-5H3,(H,25,28). The predicted molar refractivity (Wildman–Crippen MR) is 122 cm³/mol. The summed E-state index contributed by atoms with van der Waals surface area (Å²) in [6.45, 7) is 4.02. The largest absolute Gasteiger partial charge is 0.497 e. The zero-order valence-electron chi connectivity index (χ0n) is 19.1. The van der Waals surface area contributed by atoms with Gasteiger partial charge in [0.2, 0.25) is 17.7 Å². The van der Waals surface area contributed by atoms with Gasteiger partial charge in [-0.25, -0.2) is 0 Å². The van der Waals surface area contributed by atoms with Gasteiger partial charge in [0, 0.05) is 31.8 Å². The fraction of sp³-hybridized carbons (Fsp3) is 0.375. The quantitative estimate of drug-likeness (QED) is 0.717. The minimum absolute atomic E-state index is 0.0716. The number of carbonyl (C=O) groups is 3. The normalized spacial score (nSPS) is 15.5. The number of carbonyl (C=O) groups excluding carboxylic acids is 3. The van der Waals surface area contributed by atoms with E-state index >= 15 is 0 Å². The Bertz CT molecular complexity index is 1040. The lowest BCUT2D eigenvalue weighted by atomic mass is 10.1. The number of hydrogen-bond acceptors (Lipinski definition) is 5. The monoisotopic (exact) mass is 439 g/mol. The molecule has 0 spiro atoms. The van der Waals surface area contributed by atoms with Gasteiger partial charge < -0.3 is 24.6 Å². The number of nitrogens with one attached hydrogen (secondary N) is 1. The van der Waals surface area contributed by atoms with Crippen molar-refractivity contribution in [2.75, 3.05) is 44.6 Å². The van der Waals surface area contributed by atoms with Crippen LogP contribution in [0.3, 0.4) is 0 Å². The van der Waals surface area contributed by atoms with E-state index in [1.165, 1.54) is 16.9 Å². The zero-order chi connectivity index (χ0) is 23.4. The fourth-order valence-corrected chi connectivity index (χ4v) is 3.79. The Morgan fingerprint density at radius 3 is 2.59 bits per heavy atom. The maximum absolute atomic E-state index is 13.0. The molecule has 32 heavy (non-hydrogen) atoms. The molecule has 2 aromatic carbocycles. The first-order valence-corrected chi connectivity index (χ1v) is 10.4. The van der Waals surface area contributed by atoms with Crippen LogP contribution in [0.25, 0.3) is 0 Å². The van der Waals surface area contributed by atoms with Crippen LogP contribution in [-0.2, 0) is 14.4 Å². The highest BCUT2D eigenvalue weighted by atomic mass is 16.5. The van der Waals surface area contributed by atoms with E-state index in [1.54, 1.807) is 32.4 Å². The number of nitrogens with zero attached hydrogens (tertiary/aromatic N) is 2. The second kappa shape index (κ2) is 9.72. The first kappa shape index (κ1) is 23.1. The predicted octanol–water partition coefficient (Wildman–Crippen LogP) is 2.77. The lowest BCUT2D eigenvalue weighted by Crippen LogP contribution is -2.39. The van der Waals surface area contributed by atoms with Crippen molar-refractivity contribution in [2.24, 2.45) is 5.92 Å². The Hall–Kier alpha value is -3.55. The van der Waals surface area contributed by atoms with Gasteiger partial charge in [0.05, 0.1) is 32.4 Å². The van der Waals surface area contributed by atoms with Gasteiger partial charge >= 0.3 is 0 Å². The molecule has 1 aliphatic heterocycles. The number of amides is 3. The van der Waals surface area contributed by atoms with Crippen LogP contribution in [0, 0.1) is 19.8 Å². The van der Waals surface area contributed by atoms with Crippen LogP contribution in [-0.4, -0.2) is 57.0 Å². The van der Waals surface area contributed by atoms with E-state index in [9.17, 15) is 14.4 Å². The highest BCUT2D eigenvalue weighted by Gasteiger charge is 2.38. The van der Waals surface area contributed by atoms with Crippen LogP contribution in [0.4, 0.5) is 11.4 Å². The number of methoxy groups -OCH3 is 2. The minimum Gasteiger partial charge on any atom is -0.497 e. The average molecular weight is 440 g/mol. The van der Waals surface area contributed by atoms with Gasteiger partial charge in [0.1, 0.15) is 11.5 Å². The molecule has 1 unspecified atom stereocenters. The summed E-state index contributed by atoms with van der Waals surface area (Å²) in [6.07, 6.45) is 0.0716. The van der Waals surface area contributed by atoms with Crippen molar-refractivity contribution in [1.29, 1.82) is 0 Å². The molecule has 2 aromatic rings. The third kappa shape index (κ3) is 4.85. The Labute approximate surface area is 188 Å². The van der Waals surface area contributed by atoms with Gasteiger partial charge in [-0.3, -0.25) is 14.4 Å². The molecule has 1 atom stereocenters. The second-order valence-corrected chi connectivity index (χ2v) is 7.93. The molecule has 1 aliphatic rings. The van der Waals surface area contributed by atoms with Crippen LogP contribution >= 0.6 is 0 Å². The lowest BCUT2D eigenvalue weighted by Gasteiger charge is -2.22. The number of anilines is 2. The molecular weight excluding hydrogens is 410 g/mol. The molecule has 8 nitrogen and oxygen atoms in total. The Morgan fingerprint density at radius 2 is 1.91 bits per heavy atom. The van der Waals surface area contributed by atoms with Gasteiger partial charge in [0.15, 0.2) is 0 Å². The van der Waals surface area contributed by atoms with Crippen molar-refractivity contribution in [1.82, 2.24) is 4.90 Å².